The Hall–Kier alpha value is -4.70. The summed E-state index contributed by atoms with van der Waals surface area (Å²) in [5, 5.41) is 4.89. The summed E-state index contributed by atoms with van der Waals surface area (Å²) in [6.07, 6.45) is 4.25. The van der Waals surface area contributed by atoms with Crippen molar-refractivity contribution >= 4 is 54.9 Å². The molecule has 0 fully saturated rings. The van der Waals surface area contributed by atoms with Crippen LogP contribution in [0, 0.1) is 27.7 Å². The molecule has 0 N–H and O–H groups in total. The second kappa shape index (κ2) is 8.42. The van der Waals surface area contributed by atoms with Crippen molar-refractivity contribution in [1.29, 1.82) is 0 Å². The van der Waals surface area contributed by atoms with Crippen molar-refractivity contribution in [2.24, 2.45) is 0 Å². The predicted molar refractivity (Wildman–Crippen MR) is 159 cm³/mol. The summed E-state index contributed by atoms with van der Waals surface area (Å²) in [6.45, 7) is 8.63. The van der Waals surface area contributed by atoms with Gasteiger partial charge in [0.05, 0.1) is 22.1 Å². The highest BCUT2D eigenvalue weighted by molar-refractivity contribution is 6.00. The zero-order valence-electron chi connectivity index (χ0n) is 22.0. The van der Waals surface area contributed by atoms with E-state index in [2.05, 4.69) is 134 Å². The van der Waals surface area contributed by atoms with E-state index in [4.69, 9.17) is 9.97 Å². The molecule has 4 heteroatoms. The van der Waals surface area contributed by atoms with Gasteiger partial charge in [-0.2, -0.15) is 0 Å². The molecule has 0 spiro atoms. The van der Waals surface area contributed by atoms with Gasteiger partial charge in [0, 0.05) is 23.2 Å². The molecule has 0 radical (unpaired) electrons. The highest BCUT2D eigenvalue weighted by atomic mass is 15.0. The number of aryl methyl sites for hydroxylation is 4. The molecule has 8 aromatic rings. The Morgan fingerprint density at radius 1 is 0.474 bits per heavy atom. The predicted octanol–water partition coefficient (Wildman–Crippen LogP) is 8.52. The quantitative estimate of drug-likeness (QED) is 0.213. The van der Waals surface area contributed by atoms with Gasteiger partial charge in [-0.3, -0.25) is 8.80 Å². The Labute approximate surface area is 220 Å². The maximum absolute atomic E-state index is 4.81. The number of nitrogens with zero attached hydrogens (tertiary/aromatic N) is 4. The Morgan fingerprint density at radius 3 is 1.34 bits per heavy atom. The number of benzene rings is 4. The van der Waals surface area contributed by atoms with E-state index >= 15 is 0 Å². The SMILES string of the molecule is Cc1ccc2nc3c4ccccc4ccn3c2c1C.Cc1ccc2nc3c4ccccc4ccn3c2c1C. The lowest BCUT2D eigenvalue weighted by molar-refractivity contribution is 1.22. The summed E-state index contributed by atoms with van der Waals surface area (Å²) in [6, 6.07) is 29.6. The number of rotatable bonds is 0. The van der Waals surface area contributed by atoms with E-state index in [9.17, 15) is 0 Å². The minimum atomic E-state index is 1.04. The van der Waals surface area contributed by atoms with Crippen LogP contribution in [0.15, 0.2) is 97.3 Å². The third kappa shape index (κ3) is 3.30. The molecule has 0 saturated carbocycles. The lowest BCUT2D eigenvalue weighted by atomic mass is 10.1. The minimum Gasteiger partial charge on any atom is -0.299 e. The van der Waals surface area contributed by atoms with Crippen molar-refractivity contribution in [1.82, 2.24) is 18.8 Å². The second-order valence-electron chi connectivity index (χ2n) is 10.2. The summed E-state index contributed by atoms with van der Waals surface area (Å²) in [5.41, 5.74) is 11.9. The zero-order valence-corrected chi connectivity index (χ0v) is 22.0. The van der Waals surface area contributed by atoms with Crippen LogP contribution in [0.25, 0.3) is 54.9 Å². The largest absolute Gasteiger partial charge is 0.299 e. The monoisotopic (exact) mass is 492 g/mol. The van der Waals surface area contributed by atoms with E-state index in [0.717, 1.165) is 22.3 Å². The van der Waals surface area contributed by atoms with Gasteiger partial charge in [0.25, 0.3) is 0 Å². The van der Waals surface area contributed by atoms with E-state index in [1.807, 2.05) is 0 Å². The molecule has 0 atom stereocenters. The van der Waals surface area contributed by atoms with Crippen LogP contribution in [0.2, 0.25) is 0 Å². The summed E-state index contributed by atoms with van der Waals surface area (Å²) in [7, 11) is 0. The van der Waals surface area contributed by atoms with Gasteiger partial charge in [-0.15, -0.1) is 0 Å². The molecule has 0 bridgehead atoms. The van der Waals surface area contributed by atoms with Crippen LogP contribution in [0.4, 0.5) is 0 Å². The summed E-state index contributed by atoms with van der Waals surface area (Å²) >= 11 is 0. The van der Waals surface area contributed by atoms with Crippen LogP contribution in [0.5, 0.6) is 0 Å². The molecule has 184 valence electrons. The van der Waals surface area contributed by atoms with E-state index in [-0.39, 0.29) is 0 Å². The molecule has 4 aromatic carbocycles. The van der Waals surface area contributed by atoms with Gasteiger partial charge >= 0.3 is 0 Å². The summed E-state index contributed by atoms with van der Waals surface area (Å²) < 4.78 is 4.42. The fourth-order valence-electron chi connectivity index (χ4n) is 5.58. The van der Waals surface area contributed by atoms with Crippen molar-refractivity contribution in [3.05, 3.63) is 120 Å². The van der Waals surface area contributed by atoms with Crippen LogP contribution in [-0.2, 0) is 0 Å². The lowest BCUT2D eigenvalue weighted by Gasteiger charge is -2.04. The number of hydrogen-bond donors (Lipinski definition) is 0. The maximum atomic E-state index is 4.81. The van der Waals surface area contributed by atoms with Crippen LogP contribution >= 0.6 is 0 Å². The van der Waals surface area contributed by atoms with E-state index in [0.29, 0.717) is 0 Å². The first-order valence-electron chi connectivity index (χ1n) is 13.0. The zero-order chi connectivity index (χ0) is 26.0. The Kier molecular flexibility index (Phi) is 4.98. The number of aromatic nitrogens is 4. The van der Waals surface area contributed by atoms with Gasteiger partial charge in [-0.1, -0.05) is 60.7 Å². The maximum Gasteiger partial charge on any atom is 0.145 e. The fourth-order valence-corrected chi connectivity index (χ4v) is 5.58. The van der Waals surface area contributed by atoms with Crippen molar-refractivity contribution in [2.45, 2.75) is 27.7 Å². The number of pyridine rings is 2. The van der Waals surface area contributed by atoms with E-state index in [1.165, 1.54) is 54.8 Å². The third-order valence-electron chi connectivity index (χ3n) is 7.96. The third-order valence-corrected chi connectivity index (χ3v) is 7.96. The lowest BCUT2D eigenvalue weighted by Crippen LogP contribution is -1.89. The molecule has 8 rings (SSSR count). The second-order valence-corrected chi connectivity index (χ2v) is 10.2. The van der Waals surface area contributed by atoms with Gasteiger partial charge in [0.2, 0.25) is 0 Å². The highest BCUT2D eigenvalue weighted by Gasteiger charge is 2.12. The number of fused-ring (bicyclic) bond motifs is 10. The van der Waals surface area contributed by atoms with Gasteiger partial charge in [-0.25, -0.2) is 9.97 Å². The van der Waals surface area contributed by atoms with Crippen LogP contribution in [0.1, 0.15) is 22.3 Å². The first kappa shape index (κ1) is 22.5. The van der Waals surface area contributed by atoms with Crippen molar-refractivity contribution in [3.63, 3.8) is 0 Å². The molecule has 4 nitrogen and oxygen atoms in total. The first-order valence-corrected chi connectivity index (χ1v) is 13.0. The normalized spacial score (nSPS) is 11.7. The molecule has 0 aliphatic heterocycles. The van der Waals surface area contributed by atoms with Crippen molar-refractivity contribution < 1.29 is 0 Å². The van der Waals surface area contributed by atoms with Gasteiger partial charge in [0.15, 0.2) is 0 Å². The molecule has 0 aliphatic carbocycles. The molecule has 0 unspecified atom stereocenters. The molecule has 0 amide bonds. The van der Waals surface area contributed by atoms with Crippen LogP contribution in [0.3, 0.4) is 0 Å². The Morgan fingerprint density at radius 2 is 0.895 bits per heavy atom. The fraction of sp³-hybridized carbons (Fsp3) is 0.118. The highest BCUT2D eigenvalue weighted by Crippen LogP contribution is 2.28. The first-order chi connectivity index (χ1) is 18.5. The molecule has 4 aromatic heterocycles. The molecule has 4 heterocycles. The number of hydrogen-bond acceptors (Lipinski definition) is 2. The summed E-state index contributed by atoms with van der Waals surface area (Å²) in [4.78, 5) is 9.62. The average molecular weight is 493 g/mol. The van der Waals surface area contributed by atoms with Gasteiger partial charge in [-0.05, 0) is 85.0 Å². The minimum absolute atomic E-state index is 1.04. The molecular formula is C34H28N4. The molecule has 0 saturated heterocycles. The average Bonchev–Trinajstić information content (AvgIpc) is 3.53. The van der Waals surface area contributed by atoms with Gasteiger partial charge < -0.3 is 0 Å². The Bertz CT molecular complexity index is 2020. The topological polar surface area (TPSA) is 34.6 Å². The van der Waals surface area contributed by atoms with E-state index < -0.39 is 0 Å². The smallest absolute Gasteiger partial charge is 0.145 e. The Balaban J connectivity index is 0.000000127. The van der Waals surface area contributed by atoms with E-state index in [1.54, 1.807) is 0 Å². The molecular weight excluding hydrogens is 464 g/mol. The van der Waals surface area contributed by atoms with Gasteiger partial charge in [0.1, 0.15) is 11.3 Å². The van der Waals surface area contributed by atoms with Crippen LogP contribution < -0.4 is 0 Å². The van der Waals surface area contributed by atoms with Crippen LogP contribution in [-0.4, -0.2) is 18.8 Å². The molecule has 38 heavy (non-hydrogen) atoms. The standard InChI is InChI=1S/2C17H14N2/c2*1-11-7-8-15-16(12(11)2)19-10-9-13-5-3-4-6-14(13)17(19)18-15/h2*3-10H,1-2H3. The number of imidazole rings is 2. The van der Waals surface area contributed by atoms with Crippen molar-refractivity contribution in [2.75, 3.05) is 0 Å². The molecule has 0 aliphatic rings. The van der Waals surface area contributed by atoms with Crippen molar-refractivity contribution in [3.8, 4) is 0 Å². The summed E-state index contributed by atoms with van der Waals surface area (Å²) in [5.74, 6) is 0.